The summed E-state index contributed by atoms with van der Waals surface area (Å²) in [6, 6.07) is 25.4. The van der Waals surface area contributed by atoms with Crippen LogP contribution in [0, 0.1) is 0 Å². The van der Waals surface area contributed by atoms with Gasteiger partial charge in [0.05, 0.1) is 28.9 Å². The monoisotopic (exact) mass is 659 g/mol. The van der Waals surface area contributed by atoms with Crippen LogP contribution < -0.4 is 0 Å². The molecule has 51 heavy (non-hydrogen) atoms. The van der Waals surface area contributed by atoms with Gasteiger partial charge < -0.3 is 0 Å². The van der Waals surface area contributed by atoms with Gasteiger partial charge in [-0.1, -0.05) is 157 Å². The fourth-order valence-corrected chi connectivity index (χ4v) is 7.83. The predicted molar refractivity (Wildman–Crippen MR) is 214 cm³/mol. The van der Waals surface area contributed by atoms with Gasteiger partial charge in [0.1, 0.15) is 5.82 Å². The molecule has 0 saturated carbocycles. The molecule has 1 aliphatic rings. The summed E-state index contributed by atoms with van der Waals surface area (Å²) in [6.45, 7) is 0. The molecular weight excluding hydrogens is 617 g/mol. The maximum atomic E-state index is 9.57. The van der Waals surface area contributed by atoms with Gasteiger partial charge in [-0.2, -0.15) is 0 Å². The molecule has 0 saturated heterocycles. The second-order valence-electron chi connectivity index (χ2n) is 12.5. The molecule has 1 aromatic heterocycles. The summed E-state index contributed by atoms with van der Waals surface area (Å²) in [7, 11) is 0. The average Bonchev–Trinajstić information content (AvgIpc) is 3.86. The van der Waals surface area contributed by atoms with Gasteiger partial charge in [-0.05, 0) is 101 Å². The Morgan fingerprint density at radius 1 is 0.431 bits per heavy atom. The molecular formula is C49H30N2. The van der Waals surface area contributed by atoms with E-state index >= 15 is 0 Å². The van der Waals surface area contributed by atoms with Crippen LogP contribution in [0.25, 0.3) is 105 Å². The van der Waals surface area contributed by atoms with E-state index in [1.54, 1.807) is 53.1 Å². The largest absolute Gasteiger partial charge is 0.292 e. The van der Waals surface area contributed by atoms with Crippen molar-refractivity contribution in [3.05, 3.63) is 182 Å². The third-order valence-corrected chi connectivity index (χ3v) is 9.87. The van der Waals surface area contributed by atoms with Crippen molar-refractivity contribution in [3.8, 4) is 61.6 Å². The molecule has 0 radical (unpaired) electrons. The molecule has 0 bridgehead atoms. The molecule has 0 N–H and O–H groups in total. The van der Waals surface area contributed by atoms with Crippen LogP contribution in [0.15, 0.2) is 182 Å². The number of benzene rings is 9. The highest BCUT2D eigenvalue weighted by molar-refractivity contribution is 6.26. The van der Waals surface area contributed by atoms with Crippen molar-refractivity contribution in [2.75, 3.05) is 0 Å². The molecule has 1 heterocycles. The van der Waals surface area contributed by atoms with Crippen LogP contribution in [0.5, 0.6) is 0 Å². The van der Waals surface area contributed by atoms with Crippen molar-refractivity contribution >= 4 is 43.4 Å². The first-order valence-corrected chi connectivity index (χ1v) is 16.5. The van der Waals surface area contributed by atoms with Crippen LogP contribution in [-0.2, 0) is 0 Å². The summed E-state index contributed by atoms with van der Waals surface area (Å²) < 4.78 is 119. The third kappa shape index (κ3) is 4.08. The minimum atomic E-state index is -0.554. The van der Waals surface area contributed by atoms with Gasteiger partial charge >= 0.3 is 0 Å². The van der Waals surface area contributed by atoms with Crippen molar-refractivity contribution in [1.82, 2.24) is 9.55 Å². The number of fused-ring (bicyclic) bond motifs is 6. The van der Waals surface area contributed by atoms with E-state index in [9.17, 15) is 5.48 Å². The Balaban J connectivity index is 1.30. The Bertz CT molecular complexity index is 3640. The van der Waals surface area contributed by atoms with E-state index < -0.39 is 66.5 Å². The highest BCUT2D eigenvalue weighted by Gasteiger charge is 2.24. The van der Waals surface area contributed by atoms with Crippen LogP contribution in [-0.4, -0.2) is 9.55 Å². The first kappa shape index (κ1) is 18.3. The van der Waals surface area contributed by atoms with E-state index in [0.717, 1.165) is 33.0 Å². The molecule has 9 aromatic carbocycles. The Morgan fingerprint density at radius 2 is 1.02 bits per heavy atom. The number of hydrogen-bond donors (Lipinski definition) is 0. The highest BCUT2D eigenvalue weighted by Crippen LogP contribution is 2.51. The van der Waals surface area contributed by atoms with E-state index in [0.29, 0.717) is 27.8 Å². The summed E-state index contributed by atoms with van der Waals surface area (Å²) in [6.07, 6.45) is 0. The average molecular weight is 660 g/mol. The van der Waals surface area contributed by atoms with Crippen molar-refractivity contribution in [2.45, 2.75) is 0 Å². The molecule has 236 valence electrons. The lowest BCUT2D eigenvalue weighted by Crippen LogP contribution is -1.98. The van der Waals surface area contributed by atoms with Gasteiger partial charge in [0.2, 0.25) is 0 Å². The first-order valence-electron chi connectivity index (χ1n) is 23.0. The van der Waals surface area contributed by atoms with E-state index in [1.165, 1.54) is 0 Å². The van der Waals surface area contributed by atoms with Crippen LogP contribution >= 0.6 is 0 Å². The fourth-order valence-electron chi connectivity index (χ4n) is 7.83. The van der Waals surface area contributed by atoms with Gasteiger partial charge in [0.15, 0.2) is 0 Å². The van der Waals surface area contributed by atoms with Crippen LogP contribution in [0.2, 0.25) is 0 Å². The topological polar surface area (TPSA) is 17.8 Å². The summed E-state index contributed by atoms with van der Waals surface area (Å²) in [5.74, 6) is 0.0541. The standard InChI is InChI=1S/C49H30N2/c1-2-14-31(15-3-1)49-50-44-26-10-11-27-45(44)51(49)33-17-12-16-32(30-33)46-37-20-6-8-22-39(37)48(40-23-9-7-21-38(40)46)43-29-28-42-35-19-5-4-18-34(35)36-24-13-25-41(43)47(36)42/h1-30H/i1D,2D,3D,6D,7D,8D,9D,14D,15D,20D,21D,22D,23D. The van der Waals surface area contributed by atoms with Crippen molar-refractivity contribution < 1.29 is 17.8 Å². The Kier molecular flexibility index (Phi) is 3.90. The van der Waals surface area contributed by atoms with Crippen molar-refractivity contribution in [2.24, 2.45) is 0 Å². The molecule has 11 rings (SSSR count). The normalized spacial score (nSPS) is 15.5. The number of nitrogens with zero attached hydrogens (tertiary/aromatic N) is 2. The maximum Gasteiger partial charge on any atom is 0.145 e. The SMILES string of the molecule is [2H]c1c([2H])c([2H])c(-c2nc3ccccc3n2-c2cccc(-c3c4c([2H])c([2H])c([2H])c([2H])c4c(-c4ccc5c6c(cccc46)-c4ccccc4-5)c4c([2H])c([2H])c([2H])c([2H])c34)c2)c([2H])c1[2H]. The van der Waals surface area contributed by atoms with Crippen molar-refractivity contribution in [1.29, 1.82) is 0 Å². The number of aromatic nitrogens is 2. The van der Waals surface area contributed by atoms with Gasteiger partial charge in [0.25, 0.3) is 0 Å². The fraction of sp³-hybridized carbons (Fsp3) is 0. The van der Waals surface area contributed by atoms with Crippen molar-refractivity contribution in [3.63, 3.8) is 0 Å². The summed E-state index contributed by atoms with van der Waals surface area (Å²) >= 11 is 0. The maximum absolute atomic E-state index is 9.57. The molecule has 2 nitrogen and oxygen atoms in total. The van der Waals surface area contributed by atoms with Gasteiger partial charge in [-0.15, -0.1) is 0 Å². The zero-order valence-corrected chi connectivity index (χ0v) is 26.7. The van der Waals surface area contributed by atoms with E-state index in [-0.39, 0.29) is 56.1 Å². The smallest absolute Gasteiger partial charge is 0.145 e. The zero-order chi connectivity index (χ0) is 44.8. The Hall–Kier alpha value is -6.77. The molecule has 0 fully saturated rings. The Labute approximate surface area is 313 Å². The number of imidazole rings is 1. The number of hydrogen-bond acceptors (Lipinski definition) is 1. The van der Waals surface area contributed by atoms with E-state index in [4.69, 9.17) is 17.3 Å². The van der Waals surface area contributed by atoms with E-state index in [2.05, 4.69) is 0 Å². The summed E-state index contributed by atoms with van der Waals surface area (Å²) in [5, 5.41) is 1.91. The zero-order valence-electron chi connectivity index (χ0n) is 39.7. The second kappa shape index (κ2) is 10.9. The minimum Gasteiger partial charge on any atom is -0.292 e. The molecule has 2 heteroatoms. The summed E-state index contributed by atoms with van der Waals surface area (Å²) in [4.78, 5) is 4.78. The lowest BCUT2D eigenvalue weighted by Gasteiger charge is -2.20. The summed E-state index contributed by atoms with van der Waals surface area (Å²) in [5.41, 5.74) is 6.53. The highest BCUT2D eigenvalue weighted by atomic mass is 15.1. The number of rotatable bonds is 4. The Morgan fingerprint density at radius 3 is 1.76 bits per heavy atom. The second-order valence-corrected chi connectivity index (χ2v) is 12.5. The molecule has 10 aromatic rings. The van der Waals surface area contributed by atoms with Crippen LogP contribution in [0.1, 0.15) is 17.8 Å². The molecule has 0 amide bonds. The van der Waals surface area contributed by atoms with Gasteiger partial charge in [-0.25, -0.2) is 4.98 Å². The molecule has 0 atom stereocenters. The molecule has 0 spiro atoms. The minimum absolute atomic E-state index is 0.0450. The molecule has 0 aliphatic heterocycles. The van der Waals surface area contributed by atoms with E-state index in [1.807, 2.05) is 54.6 Å². The first-order chi connectivity index (χ1) is 30.7. The lowest BCUT2D eigenvalue weighted by molar-refractivity contribution is 1.10. The lowest BCUT2D eigenvalue weighted by atomic mass is 9.84. The van der Waals surface area contributed by atoms with Gasteiger partial charge in [0, 0.05) is 11.3 Å². The molecule has 0 unspecified atom stereocenters. The molecule has 1 aliphatic carbocycles. The van der Waals surface area contributed by atoms with Crippen LogP contribution in [0.3, 0.4) is 0 Å². The third-order valence-electron chi connectivity index (χ3n) is 9.87. The predicted octanol–water partition coefficient (Wildman–Crippen LogP) is 13.1. The van der Waals surface area contributed by atoms with Gasteiger partial charge in [-0.3, -0.25) is 4.57 Å². The number of para-hydroxylation sites is 2. The van der Waals surface area contributed by atoms with Crippen LogP contribution in [0.4, 0.5) is 0 Å². The quantitative estimate of drug-likeness (QED) is 0.172.